The van der Waals surface area contributed by atoms with Crippen molar-refractivity contribution in [1.29, 1.82) is 0 Å². The van der Waals surface area contributed by atoms with Gasteiger partial charge in [-0.2, -0.15) is 4.39 Å². The zero-order chi connectivity index (χ0) is 26.7. The van der Waals surface area contributed by atoms with Crippen molar-refractivity contribution in [2.45, 2.75) is 122 Å². The van der Waals surface area contributed by atoms with E-state index in [-0.39, 0.29) is 11.7 Å². The second-order valence-corrected chi connectivity index (χ2v) is 12.5. The summed E-state index contributed by atoms with van der Waals surface area (Å²) in [4.78, 5) is 0. The molecule has 3 aliphatic rings. The molecule has 0 saturated heterocycles. The fourth-order valence-corrected chi connectivity index (χ4v) is 7.77. The van der Waals surface area contributed by atoms with Gasteiger partial charge in [0.25, 0.3) is 0 Å². The molecule has 38 heavy (non-hydrogen) atoms. The van der Waals surface area contributed by atoms with E-state index in [2.05, 4.69) is 31.2 Å². The molecule has 1 nitrogen and oxygen atoms in total. The highest BCUT2D eigenvalue weighted by molar-refractivity contribution is 5.33. The van der Waals surface area contributed by atoms with Gasteiger partial charge in [-0.05, 0) is 151 Å². The highest BCUT2D eigenvalue weighted by Crippen LogP contribution is 2.43. The zero-order valence-electron chi connectivity index (χ0n) is 24.1. The van der Waals surface area contributed by atoms with Gasteiger partial charge in [-0.3, -0.25) is 0 Å². The van der Waals surface area contributed by atoms with Gasteiger partial charge < -0.3 is 4.74 Å². The van der Waals surface area contributed by atoms with E-state index >= 15 is 0 Å². The molecule has 0 amide bonds. The Kier molecular flexibility index (Phi) is 11.8. The number of halogens is 2. The molecule has 3 heteroatoms. The third kappa shape index (κ3) is 8.18. The Balaban J connectivity index is 1.10. The van der Waals surface area contributed by atoms with Crippen molar-refractivity contribution in [2.24, 2.45) is 29.6 Å². The lowest BCUT2D eigenvalue weighted by Crippen LogP contribution is -2.25. The van der Waals surface area contributed by atoms with Gasteiger partial charge in [0.15, 0.2) is 11.6 Å². The predicted molar refractivity (Wildman–Crippen MR) is 156 cm³/mol. The first kappa shape index (κ1) is 29.3. The molecule has 0 heterocycles. The maximum atomic E-state index is 14.6. The normalized spacial score (nSPS) is 30.7. The molecule has 0 radical (unpaired) electrons. The summed E-state index contributed by atoms with van der Waals surface area (Å²) in [5, 5.41) is 0. The third-order valence-corrected chi connectivity index (χ3v) is 10.2. The maximum Gasteiger partial charge on any atom is 0.200 e. The first-order valence-electron chi connectivity index (χ1n) is 16.0. The van der Waals surface area contributed by atoms with Crippen LogP contribution in [-0.4, -0.2) is 6.61 Å². The van der Waals surface area contributed by atoms with Crippen molar-refractivity contribution in [3.63, 3.8) is 0 Å². The minimum absolute atomic E-state index is 0.0287. The average molecular weight is 527 g/mol. The van der Waals surface area contributed by atoms with Gasteiger partial charge in [-0.25, -0.2) is 4.39 Å². The Morgan fingerprint density at radius 3 is 1.92 bits per heavy atom. The lowest BCUT2D eigenvalue weighted by molar-refractivity contribution is 0.153. The Morgan fingerprint density at radius 1 is 0.737 bits per heavy atom. The molecule has 4 rings (SSSR count). The number of rotatable bonds is 11. The zero-order valence-corrected chi connectivity index (χ0v) is 24.1. The van der Waals surface area contributed by atoms with Gasteiger partial charge in [-0.15, -0.1) is 0 Å². The summed E-state index contributed by atoms with van der Waals surface area (Å²) in [7, 11) is 0. The molecule has 3 saturated carbocycles. The Bertz CT molecular complexity index is 881. The van der Waals surface area contributed by atoms with Gasteiger partial charge in [0.1, 0.15) is 0 Å². The van der Waals surface area contributed by atoms with Crippen molar-refractivity contribution in [1.82, 2.24) is 0 Å². The van der Waals surface area contributed by atoms with Crippen LogP contribution in [0.15, 0.2) is 36.4 Å². The minimum atomic E-state index is -0.825. The fraction of sp³-hybridized carbons (Fsp3) is 0.714. The topological polar surface area (TPSA) is 9.23 Å². The molecule has 0 aromatic heterocycles. The van der Waals surface area contributed by atoms with Gasteiger partial charge in [0.05, 0.1) is 6.61 Å². The molecule has 0 unspecified atom stereocenters. The second-order valence-electron chi connectivity index (χ2n) is 12.5. The molecule has 0 atom stereocenters. The lowest BCUT2D eigenvalue weighted by atomic mass is 9.68. The highest BCUT2D eigenvalue weighted by atomic mass is 19.2. The number of benzene rings is 1. The molecular formula is C35H52F2O. The quantitative estimate of drug-likeness (QED) is 0.261. The molecule has 0 aliphatic heterocycles. The van der Waals surface area contributed by atoms with Gasteiger partial charge >= 0.3 is 0 Å². The molecule has 0 N–H and O–H groups in total. The summed E-state index contributed by atoms with van der Waals surface area (Å²) in [6.45, 7) is 4.26. The number of ether oxygens (including phenoxy) is 1. The number of hydrogen-bond acceptors (Lipinski definition) is 1. The monoisotopic (exact) mass is 526 g/mol. The Labute approximate surface area is 231 Å². The summed E-state index contributed by atoms with van der Waals surface area (Å²) in [5.41, 5.74) is 0.539. The van der Waals surface area contributed by atoms with Crippen LogP contribution in [0.5, 0.6) is 5.75 Å². The molecule has 3 fully saturated rings. The van der Waals surface area contributed by atoms with Crippen LogP contribution in [0, 0.1) is 41.2 Å². The first-order chi connectivity index (χ1) is 18.6. The standard InChI is InChI=1S/C35H52F2O/c1-3-5-6-9-26-12-18-29(19-13-26)30-20-14-27(15-21-30)10-7-8-11-28-16-22-31(23-17-28)32-24-25-33(38-4-2)35(37)34(32)36/h3,5,7,10,24-31H,4,6,8-9,11-23H2,1-2H3/b5-3+,10-7+. The minimum Gasteiger partial charge on any atom is -0.491 e. The van der Waals surface area contributed by atoms with E-state index in [0.29, 0.717) is 12.2 Å². The van der Waals surface area contributed by atoms with Crippen LogP contribution in [-0.2, 0) is 0 Å². The van der Waals surface area contributed by atoms with Crippen LogP contribution in [0.3, 0.4) is 0 Å². The van der Waals surface area contributed by atoms with E-state index in [0.717, 1.165) is 55.3 Å². The largest absolute Gasteiger partial charge is 0.491 e. The van der Waals surface area contributed by atoms with E-state index in [1.54, 1.807) is 19.1 Å². The summed E-state index contributed by atoms with van der Waals surface area (Å²) in [6, 6.07) is 3.34. The van der Waals surface area contributed by atoms with Crippen LogP contribution in [0.25, 0.3) is 0 Å². The van der Waals surface area contributed by atoms with Crippen molar-refractivity contribution in [3.05, 3.63) is 53.6 Å². The second kappa shape index (κ2) is 15.2. The SMILES string of the molecule is C/C=C/CCC1CCC(C2CCC(/C=C/CCC3CCC(c4ccc(OCC)c(F)c4F)CC3)CC2)CC1. The van der Waals surface area contributed by atoms with Crippen LogP contribution in [0.2, 0.25) is 0 Å². The van der Waals surface area contributed by atoms with Gasteiger partial charge in [-0.1, -0.05) is 43.2 Å². The van der Waals surface area contributed by atoms with Crippen LogP contribution < -0.4 is 4.74 Å². The molecule has 0 bridgehead atoms. The average Bonchev–Trinajstić information content (AvgIpc) is 2.95. The van der Waals surface area contributed by atoms with Gasteiger partial charge in [0.2, 0.25) is 5.82 Å². The van der Waals surface area contributed by atoms with E-state index in [4.69, 9.17) is 4.74 Å². The van der Waals surface area contributed by atoms with Gasteiger partial charge in [0, 0.05) is 0 Å². The molecule has 0 spiro atoms. The summed E-state index contributed by atoms with van der Waals surface area (Å²) in [5.74, 6) is 3.11. The van der Waals surface area contributed by atoms with Crippen LogP contribution in [0.1, 0.15) is 128 Å². The maximum absolute atomic E-state index is 14.6. The lowest BCUT2D eigenvalue weighted by Gasteiger charge is -2.37. The number of allylic oxidation sites excluding steroid dienone is 4. The van der Waals surface area contributed by atoms with Crippen molar-refractivity contribution in [2.75, 3.05) is 6.61 Å². The smallest absolute Gasteiger partial charge is 0.200 e. The van der Waals surface area contributed by atoms with Crippen LogP contribution >= 0.6 is 0 Å². The summed E-state index contributed by atoms with van der Waals surface area (Å²) >= 11 is 0. The summed E-state index contributed by atoms with van der Waals surface area (Å²) < 4.78 is 34.1. The predicted octanol–water partition coefficient (Wildman–Crippen LogP) is 10.9. The molecule has 212 valence electrons. The molecular weight excluding hydrogens is 474 g/mol. The number of hydrogen-bond donors (Lipinski definition) is 0. The Morgan fingerprint density at radius 2 is 1.32 bits per heavy atom. The first-order valence-corrected chi connectivity index (χ1v) is 16.0. The van der Waals surface area contributed by atoms with Crippen molar-refractivity contribution >= 4 is 0 Å². The Hall–Kier alpha value is -1.64. The molecule has 1 aromatic carbocycles. The highest BCUT2D eigenvalue weighted by Gasteiger charge is 2.30. The van der Waals surface area contributed by atoms with E-state index in [9.17, 15) is 8.78 Å². The summed E-state index contributed by atoms with van der Waals surface area (Å²) in [6.07, 6.45) is 30.3. The van der Waals surface area contributed by atoms with E-state index in [1.807, 2.05) is 0 Å². The fourth-order valence-electron chi connectivity index (χ4n) is 7.77. The molecule has 1 aromatic rings. The van der Waals surface area contributed by atoms with E-state index < -0.39 is 11.6 Å². The molecule has 3 aliphatic carbocycles. The van der Waals surface area contributed by atoms with Crippen molar-refractivity contribution in [3.8, 4) is 5.75 Å². The van der Waals surface area contributed by atoms with Crippen LogP contribution in [0.4, 0.5) is 8.78 Å². The van der Waals surface area contributed by atoms with Crippen molar-refractivity contribution < 1.29 is 13.5 Å². The van der Waals surface area contributed by atoms with E-state index in [1.165, 1.54) is 77.0 Å². The third-order valence-electron chi connectivity index (χ3n) is 10.2.